The first kappa shape index (κ1) is 16.1. The molecule has 0 unspecified atom stereocenters. The van der Waals surface area contributed by atoms with E-state index >= 15 is 0 Å². The number of benzene rings is 3. The fourth-order valence-electron chi connectivity index (χ4n) is 2.41. The molecule has 0 saturated heterocycles. The van der Waals surface area contributed by atoms with Crippen LogP contribution in [0.25, 0.3) is 10.8 Å². The molecule has 4 heteroatoms. The Morgan fingerprint density at radius 2 is 1.83 bits per heavy atom. The highest BCUT2D eigenvalue weighted by molar-refractivity contribution is 8.00. The fraction of sp³-hybridized carbons (Fsp3) is 0.100. The molecular weight excluding hydrogens is 316 g/mol. The third kappa shape index (κ3) is 3.76. The van der Waals surface area contributed by atoms with Crippen molar-refractivity contribution in [1.29, 1.82) is 5.26 Å². The Morgan fingerprint density at radius 1 is 1.04 bits per heavy atom. The summed E-state index contributed by atoms with van der Waals surface area (Å²) in [5.74, 6) is -0.0803. The number of nitrogens with one attached hydrogen (secondary N) is 1. The quantitative estimate of drug-likeness (QED) is 0.696. The molecule has 1 atom stereocenters. The highest BCUT2D eigenvalue weighted by Crippen LogP contribution is 2.27. The van der Waals surface area contributed by atoms with Crippen molar-refractivity contribution in [2.75, 3.05) is 5.32 Å². The minimum atomic E-state index is -0.239. The number of rotatable bonds is 4. The highest BCUT2D eigenvalue weighted by atomic mass is 32.2. The Kier molecular flexibility index (Phi) is 4.83. The molecule has 0 fully saturated rings. The average molecular weight is 332 g/mol. The minimum absolute atomic E-state index is 0.0803. The lowest BCUT2D eigenvalue weighted by molar-refractivity contribution is -0.115. The van der Waals surface area contributed by atoms with E-state index in [1.165, 1.54) is 17.1 Å². The van der Waals surface area contributed by atoms with Gasteiger partial charge in [0.2, 0.25) is 5.91 Å². The maximum absolute atomic E-state index is 12.4. The molecule has 0 spiro atoms. The molecule has 0 aromatic heterocycles. The summed E-state index contributed by atoms with van der Waals surface area (Å²) in [5.41, 5.74) is 1.17. The van der Waals surface area contributed by atoms with E-state index in [4.69, 9.17) is 5.26 Å². The van der Waals surface area contributed by atoms with Gasteiger partial charge in [-0.15, -0.1) is 11.8 Å². The molecule has 24 heavy (non-hydrogen) atoms. The minimum Gasteiger partial charge on any atom is -0.325 e. The molecule has 0 aliphatic rings. The average Bonchev–Trinajstić information content (AvgIpc) is 2.61. The van der Waals surface area contributed by atoms with Crippen LogP contribution in [-0.4, -0.2) is 11.2 Å². The van der Waals surface area contributed by atoms with E-state index in [9.17, 15) is 4.79 Å². The number of nitriles is 1. The van der Waals surface area contributed by atoms with Crippen LogP contribution in [0, 0.1) is 11.3 Å². The first-order chi connectivity index (χ1) is 11.7. The number of hydrogen-bond donors (Lipinski definition) is 1. The van der Waals surface area contributed by atoms with Crippen molar-refractivity contribution in [3.8, 4) is 6.07 Å². The summed E-state index contributed by atoms with van der Waals surface area (Å²) in [6.07, 6.45) is 0. The molecule has 0 aliphatic carbocycles. The standard InChI is InChI=1S/C20H16N2OS/c1-14(20(23)22-18-8-4-5-15(11-18)13-21)24-19-10-9-16-6-2-3-7-17(16)12-19/h2-12,14H,1H3,(H,22,23)/t14-/m1/s1. The highest BCUT2D eigenvalue weighted by Gasteiger charge is 2.15. The van der Waals surface area contributed by atoms with Gasteiger partial charge in [-0.3, -0.25) is 4.79 Å². The van der Waals surface area contributed by atoms with Crippen molar-refractivity contribution in [2.24, 2.45) is 0 Å². The van der Waals surface area contributed by atoms with Crippen LogP contribution in [0.1, 0.15) is 12.5 Å². The second kappa shape index (κ2) is 7.20. The van der Waals surface area contributed by atoms with Crippen LogP contribution in [0.15, 0.2) is 71.6 Å². The third-order valence-corrected chi connectivity index (χ3v) is 4.76. The van der Waals surface area contributed by atoms with E-state index in [1.807, 2.05) is 25.1 Å². The van der Waals surface area contributed by atoms with Gasteiger partial charge in [0.15, 0.2) is 0 Å². The van der Waals surface area contributed by atoms with Crippen LogP contribution in [0.5, 0.6) is 0 Å². The van der Waals surface area contributed by atoms with Crippen molar-refractivity contribution in [3.05, 3.63) is 72.3 Å². The lowest BCUT2D eigenvalue weighted by atomic mass is 10.1. The molecule has 0 radical (unpaired) electrons. The smallest absolute Gasteiger partial charge is 0.237 e. The predicted molar refractivity (Wildman–Crippen MR) is 99.1 cm³/mol. The van der Waals surface area contributed by atoms with Crippen molar-refractivity contribution in [2.45, 2.75) is 17.1 Å². The lowest BCUT2D eigenvalue weighted by Gasteiger charge is -2.12. The second-order valence-electron chi connectivity index (χ2n) is 5.45. The summed E-state index contributed by atoms with van der Waals surface area (Å²) < 4.78 is 0. The number of fused-ring (bicyclic) bond motifs is 1. The van der Waals surface area contributed by atoms with E-state index in [1.54, 1.807) is 24.3 Å². The Bertz CT molecular complexity index is 930. The molecule has 3 nitrogen and oxygen atoms in total. The van der Waals surface area contributed by atoms with E-state index in [2.05, 4.69) is 35.7 Å². The van der Waals surface area contributed by atoms with Crippen LogP contribution in [0.2, 0.25) is 0 Å². The number of nitrogens with zero attached hydrogens (tertiary/aromatic N) is 1. The fourth-order valence-corrected chi connectivity index (χ4v) is 3.32. The molecule has 0 saturated carbocycles. The van der Waals surface area contributed by atoms with E-state index in [0.29, 0.717) is 11.3 Å². The zero-order valence-corrected chi connectivity index (χ0v) is 14.0. The number of anilines is 1. The van der Waals surface area contributed by atoms with Gasteiger partial charge in [-0.05, 0) is 48.0 Å². The number of thioether (sulfide) groups is 1. The van der Waals surface area contributed by atoms with Gasteiger partial charge in [0.25, 0.3) is 0 Å². The van der Waals surface area contributed by atoms with Crippen LogP contribution >= 0.6 is 11.8 Å². The SMILES string of the molecule is C[C@@H](Sc1ccc2ccccc2c1)C(=O)Nc1cccc(C#N)c1. The monoisotopic (exact) mass is 332 g/mol. The third-order valence-electron chi connectivity index (χ3n) is 3.66. The van der Waals surface area contributed by atoms with Gasteiger partial charge in [0.05, 0.1) is 16.9 Å². The lowest BCUT2D eigenvalue weighted by Crippen LogP contribution is -2.22. The topological polar surface area (TPSA) is 52.9 Å². The first-order valence-electron chi connectivity index (χ1n) is 7.62. The zero-order valence-electron chi connectivity index (χ0n) is 13.2. The van der Waals surface area contributed by atoms with Crippen molar-refractivity contribution < 1.29 is 4.79 Å². The second-order valence-corrected chi connectivity index (χ2v) is 6.87. The normalized spacial score (nSPS) is 11.7. The summed E-state index contributed by atoms with van der Waals surface area (Å²) in [5, 5.41) is 13.9. The van der Waals surface area contributed by atoms with E-state index < -0.39 is 0 Å². The van der Waals surface area contributed by atoms with E-state index in [-0.39, 0.29) is 11.2 Å². The molecule has 0 heterocycles. The van der Waals surface area contributed by atoms with Gasteiger partial charge in [-0.25, -0.2) is 0 Å². The Labute approximate surface area is 145 Å². The van der Waals surface area contributed by atoms with Gasteiger partial charge in [-0.2, -0.15) is 5.26 Å². The molecule has 3 aromatic rings. The van der Waals surface area contributed by atoms with Crippen LogP contribution < -0.4 is 5.32 Å². The van der Waals surface area contributed by atoms with E-state index in [0.717, 1.165) is 10.3 Å². The molecule has 3 rings (SSSR count). The molecule has 1 N–H and O–H groups in total. The van der Waals surface area contributed by atoms with Crippen molar-refractivity contribution >= 4 is 34.1 Å². The van der Waals surface area contributed by atoms with Crippen LogP contribution in [-0.2, 0) is 4.79 Å². The molecule has 0 aliphatic heterocycles. The number of carbonyl (C=O) groups is 1. The molecule has 118 valence electrons. The maximum Gasteiger partial charge on any atom is 0.237 e. The number of carbonyl (C=O) groups excluding carboxylic acids is 1. The molecule has 1 amide bonds. The molecular formula is C20H16N2OS. The summed E-state index contributed by atoms with van der Waals surface area (Å²) in [6, 6.07) is 23.4. The summed E-state index contributed by atoms with van der Waals surface area (Å²) in [7, 11) is 0. The van der Waals surface area contributed by atoms with Crippen LogP contribution in [0.3, 0.4) is 0 Å². The molecule has 0 bridgehead atoms. The number of hydrogen-bond acceptors (Lipinski definition) is 3. The first-order valence-corrected chi connectivity index (χ1v) is 8.50. The predicted octanol–water partition coefficient (Wildman–Crippen LogP) is 4.83. The van der Waals surface area contributed by atoms with Gasteiger partial charge in [-0.1, -0.05) is 36.4 Å². The van der Waals surface area contributed by atoms with Gasteiger partial charge >= 0.3 is 0 Å². The van der Waals surface area contributed by atoms with Gasteiger partial charge < -0.3 is 5.32 Å². The largest absolute Gasteiger partial charge is 0.325 e. The summed E-state index contributed by atoms with van der Waals surface area (Å²) in [4.78, 5) is 13.4. The Balaban J connectivity index is 1.69. The van der Waals surface area contributed by atoms with Crippen LogP contribution in [0.4, 0.5) is 5.69 Å². The van der Waals surface area contributed by atoms with Crippen molar-refractivity contribution in [3.63, 3.8) is 0 Å². The molecule has 3 aromatic carbocycles. The Morgan fingerprint density at radius 3 is 2.62 bits per heavy atom. The summed E-state index contributed by atoms with van der Waals surface area (Å²) >= 11 is 1.52. The maximum atomic E-state index is 12.4. The summed E-state index contributed by atoms with van der Waals surface area (Å²) in [6.45, 7) is 1.88. The number of amides is 1. The Hall–Kier alpha value is -2.77. The zero-order chi connectivity index (χ0) is 16.9. The van der Waals surface area contributed by atoms with Gasteiger partial charge in [0.1, 0.15) is 0 Å². The van der Waals surface area contributed by atoms with Crippen molar-refractivity contribution in [1.82, 2.24) is 0 Å². The van der Waals surface area contributed by atoms with Gasteiger partial charge in [0, 0.05) is 10.6 Å².